The van der Waals surface area contributed by atoms with E-state index in [9.17, 15) is 4.79 Å². The van der Waals surface area contributed by atoms with Gasteiger partial charge in [0, 0.05) is 12.5 Å². The van der Waals surface area contributed by atoms with E-state index >= 15 is 0 Å². The highest BCUT2D eigenvalue weighted by Crippen LogP contribution is 2.19. The highest BCUT2D eigenvalue weighted by atomic mass is 16.1. The molecule has 0 aliphatic rings. The molecule has 0 aromatic rings. The van der Waals surface area contributed by atoms with Gasteiger partial charge in [-0.25, -0.2) is 0 Å². The summed E-state index contributed by atoms with van der Waals surface area (Å²) in [6.07, 6.45) is 5.32. The van der Waals surface area contributed by atoms with Gasteiger partial charge in [0.25, 0.3) is 0 Å². The number of terminal acetylenes is 1. The van der Waals surface area contributed by atoms with Crippen molar-refractivity contribution >= 4 is 5.91 Å². The van der Waals surface area contributed by atoms with Crippen LogP contribution in [0.15, 0.2) is 0 Å². The van der Waals surface area contributed by atoms with Crippen LogP contribution in [-0.2, 0) is 4.79 Å². The zero-order valence-electron chi connectivity index (χ0n) is 8.55. The molecule has 0 saturated heterocycles. The van der Waals surface area contributed by atoms with E-state index in [1.807, 2.05) is 20.8 Å². The summed E-state index contributed by atoms with van der Waals surface area (Å²) < 4.78 is 0. The minimum atomic E-state index is -0.134. The Morgan fingerprint density at radius 3 is 2.54 bits per heavy atom. The molecule has 74 valence electrons. The molecule has 0 aromatic heterocycles. The van der Waals surface area contributed by atoms with E-state index in [2.05, 4.69) is 11.2 Å². The molecule has 0 radical (unpaired) electrons. The largest absolute Gasteiger partial charge is 0.345 e. The summed E-state index contributed by atoms with van der Waals surface area (Å²) in [5.41, 5.74) is 5.76. The van der Waals surface area contributed by atoms with E-state index in [0.717, 1.165) is 0 Å². The van der Waals surface area contributed by atoms with Crippen LogP contribution in [0, 0.1) is 17.8 Å². The van der Waals surface area contributed by atoms with E-state index in [1.54, 1.807) is 0 Å². The monoisotopic (exact) mass is 182 g/mol. The van der Waals surface area contributed by atoms with Gasteiger partial charge in [-0.15, -0.1) is 6.42 Å². The number of carbonyl (C=O) groups excluding carboxylic acids is 1. The smallest absolute Gasteiger partial charge is 0.222 e. The van der Waals surface area contributed by atoms with Crippen molar-refractivity contribution in [1.29, 1.82) is 0 Å². The van der Waals surface area contributed by atoms with Gasteiger partial charge in [-0.2, -0.15) is 0 Å². The molecule has 3 N–H and O–H groups in total. The van der Waals surface area contributed by atoms with Crippen molar-refractivity contribution in [2.24, 2.45) is 11.1 Å². The molecule has 3 heteroatoms. The highest BCUT2D eigenvalue weighted by molar-refractivity contribution is 5.76. The van der Waals surface area contributed by atoms with Crippen molar-refractivity contribution in [2.45, 2.75) is 33.2 Å². The van der Waals surface area contributed by atoms with E-state index in [1.165, 1.54) is 0 Å². The fraction of sp³-hybridized carbons (Fsp3) is 0.700. The maximum absolute atomic E-state index is 11.2. The lowest BCUT2D eigenvalue weighted by atomic mass is 9.85. The van der Waals surface area contributed by atoms with Gasteiger partial charge in [0.2, 0.25) is 5.91 Å². The van der Waals surface area contributed by atoms with Crippen LogP contribution in [0.4, 0.5) is 0 Å². The fourth-order valence-corrected chi connectivity index (χ4v) is 0.728. The first-order valence-corrected chi connectivity index (χ1v) is 4.33. The van der Waals surface area contributed by atoms with Crippen LogP contribution in [0.2, 0.25) is 0 Å². The molecular weight excluding hydrogens is 164 g/mol. The zero-order chi connectivity index (χ0) is 10.5. The van der Waals surface area contributed by atoms with Crippen LogP contribution in [0.25, 0.3) is 0 Å². The lowest BCUT2D eigenvalue weighted by Crippen LogP contribution is -2.40. The standard InChI is InChI=1S/C10H18N2O/c1-5-6-12-9(13)7-8(11)10(2,3)4/h1,8H,6-7,11H2,2-4H3,(H,12,13). The van der Waals surface area contributed by atoms with Crippen LogP contribution in [0.5, 0.6) is 0 Å². The molecule has 0 aliphatic carbocycles. The third kappa shape index (κ3) is 5.26. The molecule has 0 fully saturated rings. The van der Waals surface area contributed by atoms with Gasteiger partial charge < -0.3 is 11.1 Å². The summed E-state index contributed by atoms with van der Waals surface area (Å²) in [6.45, 7) is 6.29. The maximum atomic E-state index is 11.2. The third-order valence-electron chi connectivity index (χ3n) is 1.91. The topological polar surface area (TPSA) is 55.1 Å². The van der Waals surface area contributed by atoms with Gasteiger partial charge in [0.15, 0.2) is 0 Å². The number of amides is 1. The van der Waals surface area contributed by atoms with Crippen molar-refractivity contribution in [1.82, 2.24) is 5.32 Å². The van der Waals surface area contributed by atoms with E-state index < -0.39 is 0 Å². The molecule has 1 amide bonds. The molecule has 0 aromatic carbocycles. The molecule has 0 rings (SSSR count). The van der Waals surface area contributed by atoms with E-state index in [0.29, 0.717) is 6.42 Å². The Bertz CT molecular complexity index is 210. The molecular formula is C10H18N2O. The van der Waals surface area contributed by atoms with Gasteiger partial charge in [0.1, 0.15) is 0 Å². The van der Waals surface area contributed by atoms with Crippen molar-refractivity contribution in [3.05, 3.63) is 0 Å². The summed E-state index contributed by atoms with van der Waals surface area (Å²) in [7, 11) is 0. The number of nitrogens with two attached hydrogens (primary N) is 1. The van der Waals surface area contributed by atoms with Gasteiger partial charge in [-0.1, -0.05) is 26.7 Å². The number of nitrogens with one attached hydrogen (secondary N) is 1. The Balaban J connectivity index is 3.87. The number of rotatable bonds is 3. The lowest BCUT2D eigenvalue weighted by Gasteiger charge is -2.26. The second kappa shape index (κ2) is 4.88. The molecule has 0 saturated carbocycles. The predicted octanol–water partition coefficient (Wildman–Crippen LogP) is 0.499. The summed E-state index contributed by atoms with van der Waals surface area (Å²) in [4.78, 5) is 11.2. The average Bonchev–Trinajstić information content (AvgIpc) is 1.99. The maximum Gasteiger partial charge on any atom is 0.222 e. The summed E-state index contributed by atoms with van der Waals surface area (Å²) in [5.74, 6) is 2.25. The van der Waals surface area contributed by atoms with E-state index in [-0.39, 0.29) is 23.9 Å². The van der Waals surface area contributed by atoms with Crippen molar-refractivity contribution in [2.75, 3.05) is 6.54 Å². The first kappa shape index (κ1) is 12.0. The molecule has 1 unspecified atom stereocenters. The van der Waals surface area contributed by atoms with Crippen LogP contribution in [0.1, 0.15) is 27.2 Å². The Kier molecular flexibility index (Phi) is 4.50. The summed E-state index contributed by atoms with van der Waals surface area (Å²) >= 11 is 0. The second-order valence-corrected chi connectivity index (χ2v) is 4.16. The molecule has 0 heterocycles. The minimum absolute atomic E-state index is 0.0481. The van der Waals surface area contributed by atoms with Crippen LogP contribution < -0.4 is 11.1 Å². The molecule has 0 spiro atoms. The lowest BCUT2D eigenvalue weighted by molar-refractivity contribution is -0.121. The predicted molar refractivity (Wildman–Crippen MR) is 53.9 cm³/mol. The summed E-state index contributed by atoms with van der Waals surface area (Å²) in [5, 5.41) is 2.58. The van der Waals surface area contributed by atoms with Crippen LogP contribution >= 0.6 is 0 Å². The van der Waals surface area contributed by atoms with Gasteiger partial charge in [-0.05, 0) is 5.41 Å². The third-order valence-corrected chi connectivity index (χ3v) is 1.91. The zero-order valence-corrected chi connectivity index (χ0v) is 8.55. The van der Waals surface area contributed by atoms with E-state index in [4.69, 9.17) is 12.2 Å². The number of hydrogen-bond acceptors (Lipinski definition) is 2. The molecule has 13 heavy (non-hydrogen) atoms. The highest BCUT2D eigenvalue weighted by Gasteiger charge is 2.22. The molecule has 1 atom stereocenters. The van der Waals surface area contributed by atoms with Crippen molar-refractivity contribution in [3.63, 3.8) is 0 Å². The fourth-order valence-electron chi connectivity index (χ4n) is 0.728. The number of carbonyl (C=O) groups is 1. The molecule has 3 nitrogen and oxygen atoms in total. The Morgan fingerprint density at radius 1 is 1.62 bits per heavy atom. The molecule has 0 bridgehead atoms. The first-order valence-electron chi connectivity index (χ1n) is 4.33. The Hall–Kier alpha value is -1.01. The Labute approximate surface area is 80.1 Å². The Morgan fingerprint density at radius 2 is 2.15 bits per heavy atom. The summed E-state index contributed by atoms with van der Waals surface area (Å²) in [6, 6.07) is -0.134. The minimum Gasteiger partial charge on any atom is -0.345 e. The van der Waals surface area contributed by atoms with Gasteiger partial charge >= 0.3 is 0 Å². The number of hydrogen-bond donors (Lipinski definition) is 2. The van der Waals surface area contributed by atoms with Gasteiger partial charge in [-0.3, -0.25) is 4.79 Å². The van der Waals surface area contributed by atoms with Crippen molar-refractivity contribution in [3.8, 4) is 12.3 Å². The quantitative estimate of drug-likeness (QED) is 0.624. The SMILES string of the molecule is C#CCNC(=O)CC(N)C(C)(C)C. The first-order chi connectivity index (χ1) is 5.88. The van der Waals surface area contributed by atoms with Crippen LogP contribution in [-0.4, -0.2) is 18.5 Å². The average molecular weight is 182 g/mol. The molecule has 0 aliphatic heterocycles. The van der Waals surface area contributed by atoms with Gasteiger partial charge in [0.05, 0.1) is 6.54 Å². The van der Waals surface area contributed by atoms with Crippen LogP contribution in [0.3, 0.4) is 0 Å². The second-order valence-electron chi connectivity index (χ2n) is 4.16. The normalized spacial score (nSPS) is 13.2. The van der Waals surface area contributed by atoms with Crippen molar-refractivity contribution < 1.29 is 4.79 Å².